The number of carbonyl (C=O) groups excluding carboxylic acids is 2. The molecule has 11 heteroatoms. The minimum absolute atomic E-state index is 0.0297. The van der Waals surface area contributed by atoms with Crippen molar-refractivity contribution in [2.75, 3.05) is 52.3 Å². The van der Waals surface area contributed by atoms with Crippen LogP contribution < -0.4 is 10.6 Å². The van der Waals surface area contributed by atoms with Crippen molar-refractivity contribution in [3.05, 3.63) is 59.3 Å². The molecule has 1 amide bonds. The normalized spacial score (nSPS) is 13.8. The third kappa shape index (κ3) is 10.4. The van der Waals surface area contributed by atoms with E-state index in [2.05, 4.69) is 15.6 Å². The number of aromatic nitrogens is 1. The first kappa shape index (κ1) is 30.2. The molecular formula is C28H38F2N4O5. The number of rotatable bonds is 15. The lowest BCUT2D eigenvalue weighted by molar-refractivity contribution is -0.143. The number of pyridine rings is 1. The van der Waals surface area contributed by atoms with E-state index in [-0.39, 0.29) is 45.6 Å². The summed E-state index contributed by atoms with van der Waals surface area (Å²) >= 11 is 0. The van der Waals surface area contributed by atoms with E-state index in [9.17, 15) is 9.59 Å². The Hall–Kier alpha value is -3.31. The van der Waals surface area contributed by atoms with E-state index >= 15 is 8.78 Å². The van der Waals surface area contributed by atoms with Crippen LogP contribution in [0.4, 0.5) is 19.4 Å². The van der Waals surface area contributed by atoms with Crippen molar-refractivity contribution in [1.82, 2.24) is 15.2 Å². The van der Waals surface area contributed by atoms with Crippen LogP contribution in [-0.2, 0) is 38.5 Å². The molecule has 1 atom stereocenters. The molecule has 9 nitrogen and oxygen atoms in total. The van der Waals surface area contributed by atoms with Crippen LogP contribution in [0, 0.1) is 0 Å². The molecule has 0 radical (unpaired) electrons. The van der Waals surface area contributed by atoms with Crippen molar-refractivity contribution < 1.29 is 32.6 Å². The van der Waals surface area contributed by atoms with Crippen LogP contribution in [0.25, 0.3) is 0 Å². The number of hydrogen-bond acceptors (Lipinski definition) is 8. The SMILES string of the molecule is COCCN(CC[C@H](NC(=O)OCc1ccccc1)C(=O)OC)CC(F)(F)CCc1ccc2c(n1)NCCC2. The zero-order valence-corrected chi connectivity index (χ0v) is 22.6. The summed E-state index contributed by atoms with van der Waals surface area (Å²) in [5.41, 5.74) is 2.52. The molecule has 0 saturated carbocycles. The maximum absolute atomic E-state index is 15.0. The number of esters is 1. The lowest BCUT2D eigenvalue weighted by Crippen LogP contribution is -2.46. The minimum atomic E-state index is -3.00. The average molecular weight is 549 g/mol. The van der Waals surface area contributed by atoms with Crippen molar-refractivity contribution in [2.24, 2.45) is 0 Å². The van der Waals surface area contributed by atoms with E-state index in [1.165, 1.54) is 19.1 Å². The van der Waals surface area contributed by atoms with Gasteiger partial charge in [0, 0.05) is 38.9 Å². The number of methoxy groups -OCH3 is 2. The zero-order valence-electron chi connectivity index (χ0n) is 22.6. The number of halogens is 2. The van der Waals surface area contributed by atoms with Crippen LogP contribution in [0.3, 0.4) is 0 Å². The van der Waals surface area contributed by atoms with Gasteiger partial charge in [0.25, 0.3) is 5.92 Å². The molecule has 1 aromatic heterocycles. The Balaban J connectivity index is 1.54. The number of anilines is 1. The van der Waals surface area contributed by atoms with Gasteiger partial charge in [0.15, 0.2) is 0 Å². The van der Waals surface area contributed by atoms with Gasteiger partial charge in [-0.25, -0.2) is 23.4 Å². The molecule has 0 saturated heterocycles. The van der Waals surface area contributed by atoms with E-state index in [0.717, 1.165) is 36.3 Å². The lowest BCUT2D eigenvalue weighted by atomic mass is 10.0. The number of ether oxygens (including phenoxy) is 3. The molecule has 0 bridgehead atoms. The largest absolute Gasteiger partial charge is 0.467 e. The highest BCUT2D eigenvalue weighted by Gasteiger charge is 2.32. The molecule has 3 rings (SSSR count). The molecule has 1 aliphatic rings. The molecule has 0 unspecified atom stereocenters. The number of alkyl carbamates (subject to hydrolysis) is 1. The Labute approximate surface area is 228 Å². The quantitative estimate of drug-likeness (QED) is 0.324. The number of amides is 1. The van der Waals surface area contributed by atoms with E-state index in [1.54, 1.807) is 12.1 Å². The van der Waals surface area contributed by atoms with Crippen LogP contribution in [0.5, 0.6) is 0 Å². The predicted molar refractivity (Wildman–Crippen MR) is 143 cm³/mol. The van der Waals surface area contributed by atoms with Gasteiger partial charge in [-0.05, 0) is 42.9 Å². The maximum Gasteiger partial charge on any atom is 0.408 e. The first-order valence-corrected chi connectivity index (χ1v) is 13.2. The number of hydrogen-bond donors (Lipinski definition) is 2. The molecule has 2 heterocycles. The number of carbonyl (C=O) groups is 2. The maximum atomic E-state index is 15.0. The second kappa shape index (κ2) is 15.3. The number of alkyl halides is 2. The Bertz CT molecular complexity index is 1060. The Kier molecular flexibility index (Phi) is 11.9. The van der Waals surface area contributed by atoms with Gasteiger partial charge in [-0.3, -0.25) is 4.90 Å². The Morgan fingerprint density at radius 3 is 2.69 bits per heavy atom. The van der Waals surface area contributed by atoms with E-state index in [4.69, 9.17) is 14.2 Å². The van der Waals surface area contributed by atoms with E-state index in [1.807, 2.05) is 30.3 Å². The van der Waals surface area contributed by atoms with Crippen LogP contribution in [0.2, 0.25) is 0 Å². The van der Waals surface area contributed by atoms with Crippen molar-refractivity contribution in [1.29, 1.82) is 0 Å². The standard InChI is InChI=1S/C28H38F2N4O5/c1-37-18-17-34(20-28(29,30)14-12-23-11-10-22-9-6-15-31-25(22)32-23)16-13-24(26(35)38-2)33-27(36)39-19-21-7-4-3-5-8-21/h3-5,7-8,10-11,24H,6,9,12-20H2,1-2H3,(H,31,32)(H,33,36)/t24-/m0/s1. The molecule has 214 valence electrons. The monoisotopic (exact) mass is 548 g/mol. The summed E-state index contributed by atoms with van der Waals surface area (Å²) in [6.45, 7) is 0.926. The zero-order chi connectivity index (χ0) is 28.1. The van der Waals surface area contributed by atoms with Crippen molar-refractivity contribution in [3.63, 3.8) is 0 Å². The van der Waals surface area contributed by atoms with Gasteiger partial charge in [-0.1, -0.05) is 36.4 Å². The van der Waals surface area contributed by atoms with Crippen LogP contribution >= 0.6 is 0 Å². The van der Waals surface area contributed by atoms with Gasteiger partial charge in [-0.15, -0.1) is 0 Å². The highest BCUT2D eigenvalue weighted by molar-refractivity contribution is 5.81. The smallest absolute Gasteiger partial charge is 0.408 e. The molecule has 2 aromatic rings. The van der Waals surface area contributed by atoms with Gasteiger partial charge in [0.05, 0.1) is 20.3 Å². The molecule has 2 N–H and O–H groups in total. The summed E-state index contributed by atoms with van der Waals surface area (Å²) in [6, 6.07) is 11.8. The van der Waals surface area contributed by atoms with Crippen LogP contribution in [-0.4, -0.2) is 80.9 Å². The second-order valence-electron chi connectivity index (χ2n) is 9.54. The predicted octanol–water partition coefficient (Wildman–Crippen LogP) is 3.81. The number of benzene rings is 1. The topological polar surface area (TPSA) is 102 Å². The number of nitrogens with zero attached hydrogens (tertiary/aromatic N) is 2. The first-order chi connectivity index (χ1) is 18.8. The minimum Gasteiger partial charge on any atom is -0.467 e. The van der Waals surface area contributed by atoms with Gasteiger partial charge in [0.1, 0.15) is 18.5 Å². The lowest BCUT2D eigenvalue weighted by Gasteiger charge is -2.28. The summed E-state index contributed by atoms with van der Waals surface area (Å²) < 4.78 is 45.2. The van der Waals surface area contributed by atoms with Crippen molar-refractivity contribution >= 4 is 17.9 Å². The third-order valence-electron chi connectivity index (χ3n) is 6.49. The average Bonchev–Trinajstić information content (AvgIpc) is 2.95. The van der Waals surface area contributed by atoms with E-state index < -0.39 is 30.6 Å². The molecular weight excluding hydrogens is 510 g/mol. The Morgan fingerprint density at radius 1 is 1.15 bits per heavy atom. The summed E-state index contributed by atoms with van der Waals surface area (Å²) in [4.78, 5) is 30.6. The van der Waals surface area contributed by atoms with Crippen molar-refractivity contribution in [3.8, 4) is 0 Å². The molecule has 39 heavy (non-hydrogen) atoms. The van der Waals surface area contributed by atoms with Gasteiger partial charge in [0.2, 0.25) is 0 Å². The molecule has 0 spiro atoms. The van der Waals surface area contributed by atoms with Crippen molar-refractivity contribution in [2.45, 2.75) is 50.7 Å². The highest BCUT2D eigenvalue weighted by atomic mass is 19.3. The molecule has 1 aromatic carbocycles. The second-order valence-corrected chi connectivity index (χ2v) is 9.54. The number of aryl methyl sites for hydroxylation is 2. The van der Waals surface area contributed by atoms with Crippen LogP contribution in [0.15, 0.2) is 42.5 Å². The van der Waals surface area contributed by atoms with Crippen LogP contribution in [0.1, 0.15) is 36.1 Å². The number of nitrogens with one attached hydrogen (secondary N) is 2. The number of fused-ring (bicyclic) bond motifs is 1. The fourth-order valence-electron chi connectivity index (χ4n) is 4.33. The highest BCUT2D eigenvalue weighted by Crippen LogP contribution is 2.25. The Morgan fingerprint density at radius 2 is 1.95 bits per heavy atom. The first-order valence-electron chi connectivity index (χ1n) is 13.2. The van der Waals surface area contributed by atoms with Gasteiger partial charge in [-0.2, -0.15) is 0 Å². The summed E-state index contributed by atoms with van der Waals surface area (Å²) in [5.74, 6) is -2.90. The fourth-order valence-corrected chi connectivity index (χ4v) is 4.33. The molecule has 0 fully saturated rings. The molecule has 0 aliphatic carbocycles. The van der Waals surface area contributed by atoms with Gasteiger partial charge < -0.3 is 24.8 Å². The van der Waals surface area contributed by atoms with Gasteiger partial charge >= 0.3 is 12.1 Å². The van der Waals surface area contributed by atoms with E-state index in [0.29, 0.717) is 5.69 Å². The third-order valence-corrected chi connectivity index (χ3v) is 6.49. The summed E-state index contributed by atoms with van der Waals surface area (Å²) in [7, 11) is 2.70. The summed E-state index contributed by atoms with van der Waals surface area (Å²) in [5, 5.41) is 5.72. The summed E-state index contributed by atoms with van der Waals surface area (Å²) in [6.07, 6.45) is 1.00. The fraction of sp³-hybridized carbons (Fsp3) is 0.536. The molecule has 1 aliphatic heterocycles.